The molecule has 0 spiro atoms. The molecule has 3 rings (SSSR count). The number of ether oxygens (including phenoxy) is 2. The lowest BCUT2D eigenvalue weighted by Crippen LogP contribution is -2.17. The van der Waals surface area contributed by atoms with Crippen LogP contribution in [0.25, 0.3) is 5.57 Å². The van der Waals surface area contributed by atoms with Gasteiger partial charge >= 0.3 is 0 Å². The summed E-state index contributed by atoms with van der Waals surface area (Å²) < 4.78 is 10.9. The molecule has 120 valence electrons. The van der Waals surface area contributed by atoms with E-state index < -0.39 is 0 Å². The second-order valence-electron chi connectivity index (χ2n) is 5.90. The number of rotatable bonds is 3. The van der Waals surface area contributed by atoms with Gasteiger partial charge in [-0.15, -0.1) is 0 Å². The predicted octanol–water partition coefficient (Wildman–Crippen LogP) is 3.97. The minimum absolute atomic E-state index is 0.716. The molecular formula is C19H21NO2S. The Hall–Kier alpha value is -2.07. The van der Waals surface area contributed by atoms with Crippen molar-refractivity contribution in [3.8, 4) is 11.5 Å². The van der Waals surface area contributed by atoms with Gasteiger partial charge in [-0.25, -0.2) is 0 Å². The minimum atomic E-state index is 0.716. The lowest BCUT2D eigenvalue weighted by molar-refractivity contribution is 0.354. The monoisotopic (exact) mass is 327 g/mol. The van der Waals surface area contributed by atoms with E-state index in [0.717, 1.165) is 52.3 Å². The molecular weight excluding hydrogens is 306 g/mol. The van der Waals surface area contributed by atoms with E-state index in [1.165, 1.54) is 11.1 Å². The lowest BCUT2D eigenvalue weighted by atomic mass is 9.81. The zero-order valence-electron chi connectivity index (χ0n) is 13.7. The van der Waals surface area contributed by atoms with Crippen molar-refractivity contribution in [2.24, 2.45) is 5.73 Å². The highest BCUT2D eigenvalue weighted by Gasteiger charge is 2.25. The van der Waals surface area contributed by atoms with E-state index in [1.807, 2.05) is 6.07 Å². The van der Waals surface area contributed by atoms with Gasteiger partial charge in [-0.1, -0.05) is 29.9 Å². The molecule has 23 heavy (non-hydrogen) atoms. The molecule has 3 nitrogen and oxygen atoms in total. The van der Waals surface area contributed by atoms with Gasteiger partial charge in [0, 0.05) is 22.6 Å². The number of methoxy groups -OCH3 is 2. The van der Waals surface area contributed by atoms with Gasteiger partial charge in [0.2, 0.25) is 0 Å². The van der Waals surface area contributed by atoms with Crippen LogP contribution in [-0.4, -0.2) is 19.1 Å². The highest BCUT2D eigenvalue weighted by atomic mass is 32.1. The quantitative estimate of drug-likeness (QED) is 0.853. The maximum atomic E-state index is 6.38. The molecule has 2 N–H and O–H groups in total. The molecule has 0 radical (unpaired) electrons. The van der Waals surface area contributed by atoms with Crippen molar-refractivity contribution in [2.75, 3.05) is 14.2 Å². The Kier molecular flexibility index (Phi) is 4.26. The largest absolute Gasteiger partial charge is 0.493 e. The van der Waals surface area contributed by atoms with Crippen LogP contribution in [0, 0.1) is 0 Å². The fourth-order valence-electron chi connectivity index (χ4n) is 3.19. The van der Waals surface area contributed by atoms with Crippen molar-refractivity contribution in [1.82, 2.24) is 0 Å². The number of nitrogens with two attached hydrogens (primary N) is 1. The van der Waals surface area contributed by atoms with Crippen LogP contribution < -0.4 is 15.2 Å². The third kappa shape index (κ3) is 2.79. The number of benzene rings is 1. The van der Waals surface area contributed by atoms with Gasteiger partial charge in [-0.05, 0) is 48.6 Å². The second kappa shape index (κ2) is 6.20. The molecule has 0 unspecified atom stereocenters. The highest BCUT2D eigenvalue weighted by Crippen LogP contribution is 2.42. The number of hydrogen-bond donors (Lipinski definition) is 1. The predicted molar refractivity (Wildman–Crippen MR) is 98.0 cm³/mol. The summed E-state index contributed by atoms with van der Waals surface area (Å²) in [6.45, 7) is 2.09. The van der Waals surface area contributed by atoms with E-state index in [2.05, 4.69) is 25.1 Å². The van der Waals surface area contributed by atoms with Crippen molar-refractivity contribution in [1.29, 1.82) is 0 Å². The van der Waals surface area contributed by atoms with Crippen molar-refractivity contribution in [2.45, 2.75) is 26.2 Å². The molecule has 0 atom stereocenters. The molecule has 1 aromatic carbocycles. The Morgan fingerprint density at radius 1 is 1.09 bits per heavy atom. The van der Waals surface area contributed by atoms with E-state index >= 15 is 0 Å². The number of hydrogen-bond acceptors (Lipinski definition) is 4. The van der Waals surface area contributed by atoms with Crippen LogP contribution >= 0.6 is 12.2 Å². The molecule has 0 saturated carbocycles. The van der Waals surface area contributed by atoms with Gasteiger partial charge in [-0.2, -0.15) is 0 Å². The zero-order valence-corrected chi connectivity index (χ0v) is 14.5. The molecule has 0 amide bonds. The van der Waals surface area contributed by atoms with Gasteiger partial charge in [-0.3, -0.25) is 0 Å². The summed E-state index contributed by atoms with van der Waals surface area (Å²) in [5, 5.41) is 0. The average Bonchev–Trinajstić information content (AvgIpc) is 2.56. The van der Waals surface area contributed by atoms with E-state index in [9.17, 15) is 0 Å². The zero-order chi connectivity index (χ0) is 16.6. The SMILES string of the molecule is COc1cc2c(cc1OC)C(C1=CC(C)=CCC1=S)=C(N)CC2. The first-order valence-corrected chi connectivity index (χ1v) is 8.12. The highest BCUT2D eigenvalue weighted by molar-refractivity contribution is 7.81. The summed E-state index contributed by atoms with van der Waals surface area (Å²) in [6.07, 6.45) is 6.83. The second-order valence-corrected chi connectivity index (χ2v) is 6.39. The lowest BCUT2D eigenvalue weighted by Gasteiger charge is -2.26. The maximum Gasteiger partial charge on any atom is 0.161 e. The Labute approximate surface area is 142 Å². The molecule has 0 aliphatic heterocycles. The molecule has 0 fully saturated rings. The smallest absolute Gasteiger partial charge is 0.161 e. The molecule has 2 aliphatic carbocycles. The Morgan fingerprint density at radius 2 is 1.78 bits per heavy atom. The van der Waals surface area contributed by atoms with Gasteiger partial charge in [0.1, 0.15) is 0 Å². The first-order chi connectivity index (χ1) is 11.0. The summed E-state index contributed by atoms with van der Waals surface area (Å²) in [5.41, 5.74) is 13.0. The minimum Gasteiger partial charge on any atom is -0.493 e. The van der Waals surface area contributed by atoms with Crippen LogP contribution in [0.15, 0.2) is 41.1 Å². The molecule has 0 saturated heterocycles. The standard InChI is InChI=1S/C19H21NO2S/c1-11-4-7-18(23)14(8-11)19-13-10-17(22-3)16(21-2)9-12(13)5-6-15(19)20/h4,8-10H,5-7,20H2,1-3H3. The normalized spacial score (nSPS) is 17.4. The molecule has 0 aromatic heterocycles. The molecule has 0 heterocycles. The van der Waals surface area contributed by atoms with Gasteiger partial charge in [0.25, 0.3) is 0 Å². The molecule has 2 aliphatic rings. The summed E-state index contributed by atoms with van der Waals surface area (Å²) in [7, 11) is 3.31. The first kappa shape index (κ1) is 15.8. The fraction of sp³-hybridized carbons (Fsp3) is 0.316. The van der Waals surface area contributed by atoms with E-state index in [4.69, 9.17) is 27.4 Å². The van der Waals surface area contributed by atoms with Crippen molar-refractivity contribution in [3.05, 3.63) is 52.3 Å². The van der Waals surface area contributed by atoms with Gasteiger partial charge < -0.3 is 15.2 Å². The summed E-state index contributed by atoms with van der Waals surface area (Å²) >= 11 is 5.59. The number of thiocarbonyl (C=S) groups is 1. The van der Waals surface area contributed by atoms with Gasteiger partial charge in [0.15, 0.2) is 11.5 Å². The van der Waals surface area contributed by atoms with Crippen molar-refractivity contribution in [3.63, 3.8) is 0 Å². The van der Waals surface area contributed by atoms with Crippen molar-refractivity contribution >= 4 is 22.7 Å². The summed E-state index contributed by atoms with van der Waals surface area (Å²) in [5.74, 6) is 1.47. The van der Waals surface area contributed by atoms with Crippen molar-refractivity contribution < 1.29 is 9.47 Å². The number of aryl methyl sites for hydroxylation is 1. The van der Waals surface area contributed by atoms with Crippen LogP contribution in [0.5, 0.6) is 11.5 Å². The third-order valence-electron chi connectivity index (χ3n) is 4.41. The van der Waals surface area contributed by atoms with E-state index in [-0.39, 0.29) is 0 Å². The third-order valence-corrected chi connectivity index (χ3v) is 4.80. The Morgan fingerprint density at radius 3 is 2.48 bits per heavy atom. The van der Waals surface area contributed by atoms with Crippen LogP contribution in [0.4, 0.5) is 0 Å². The Bertz CT molecular complexity index is 772. The van der Waals surface area contributed by atoms with Gasteiger partial charge in [0.05, 0.1) is 14.2 Å². The van der Waals surface area contributed by atoms with Crippen LogP contribution in [-0.2, 0) is 6.42 Å². The van der Waals surface area contributed by atoms with Crippen LogP contribution in [0.2, 0.25) is 0 Å². The first-order valence-electron chi connectivity index (χ1n) is 7.71. The topological polar surface area (TPSA) is 44.5 Å². The summed E-state index contributed by atoms with van der Waals surface area (Å²) in [4.78, 5) is 0.941. The van der Waals surface area contributed by atoms with E-state index in [0.29, 0.717) is 5.75 Å². The number of allylic oxidation sites excluding steroid dienone is 6. The maximum absolute atomic E-state index is 6.38. The molecule has 0 bridgehead atoms. The van der Waals surface area contributed by atoms with Crippen LogP contribution in [0.3, 0.4) is 0 Å². The Balaban J connectivity index is 2.20. The number of fused-ring (bicyclic) bond motifs is 1. The molecule has 4 heteroatoms. The van der Waals surface area contributed by atoms with Crippen LogP contribution in [0.1, 0.15) is 30.9 Å². The molecule has 1 aromatic rings. The fourth-order valence-corrected chi connectivity index (χ4v) is 3.43. The average molecular weight is 327 g/mol. The summed E-state index contributed by atoms with van der Waals surface area (Å²) in [6, 6.07) is 4.07. The van der Waals surface area contributed by atoms with E-state index in [1.54, 1.807) is 14.2 Å².